The Labute approximate surface area is 76.4 Å². The zero-order valence-electron chi connectivity index (χ0n) is 6.31. The highest BCUT2D eigenvalue weighted by Gasteiger charge is 2.32. The van der Waals surface area contributed by atoms with E-state index in [1.54, 1.807) is 0 Å². The molecule has 1 aromatic heterocycles. The van der Waals surface area contributed by atoms with Crippen molar-refractivity contribution in [2.24, 2.45) is 0 Å². The molecule has 0 aliphatic rings. The van der Waals surface area contributed by atoms with Gasteiger partial charge in [0.15, 0.2) is 0 Å². The molecule has 2 nitrogen and oxygen atoms in total. The highest BCUT2D eigenvalue weighted by Crippen LogP contribution is 2.34. The van der Waals surface area contributed by atoms with E-state index in [2.05, 4.69) is 5.32 Å². The summed E-state index contributed by atoms with van der Waals surface area (Å²) in [7, 11) is 0. The molecule has 13 heavy (non-hydrogen) atoms. The summed E-state index contributed by atoms with van der Waals surface area (Å²) in [5, 5.41) is 2.17. The molecule has 0 saturated carbocycles. The molecule has 1 amide bonds. The van der Waals surface area contributed by atoms with Crippen LogP contribution in [0.3, 0.4) is 0 Å². The summed E-state index contributed by atoms with van der Waals surface area (Å²) in [6.45, 7) is 0.0875. The fourth-order valence-electron chi connectivity index (χ4n) is 0.748. The van der Waals surface area contributed by atoms with Gasteiger partial charge in [0, 0.05) is 4.88 Å². The van der Waals surface area contributed by atoms with Crippen LogP contribution in [0.25, 0.3) is 0 Å². The largest absolute Gasteiger partial charge is 0.425 e. The minimum absolute atomic E-state index is 0.0875. The van der Waals surface area contributed by atoms with Crippen LogP contribution in [0.1, 0.15) is 9.75 Å². The Balaban J connectivity index is 2.69. The molecule has 0 atom stereocenters. The van der Waals surface area contributed by atoms with Crippen molar-refractivity contribution in [3.63, 3.8) is 0 Å². The summed E-state index contributed by atoms with van der Waals surface area (Å²) < 4.78 is 36.1. The molecule has 0 spiro atoms. The summed E-state index contributed by atoms with van der Waals surface area (Å²) in [5.41, 5.74) is 0. The lowest BCUT2D eigenvalue weighted by molar-refractivity contribution is -0.134. The van der Waals surface area contributed by atoms with Crippen molar-refractivity contribution in [3.05, 3.63) is 21.9 Å². The molecule has 1 N–H and O–H groups in total. The van der Waals surface area contributed by atoms with Gasteiger partial charge in [-0.2, -0.15) is 13.2 Å². The van der Waals surface area contributed by atoms with Crippen molar-refractivity contribution in [2.75, 3.05) is 0 Å². The molecule has 71 valence electrons. The average Bonchev–Trinajstić information content (AvgIpc) is 2.47. The summed E-state index contributed by atoms with van der Waals surface area (Å²) >= 11 is 0.613. The van der Waals surface area contributed by atoms with E-state index in [9.17, 15) is 18.0 Å². The molecule has 6 heteroatoms. The number of thiophene rings is 1. The molecule has 1 rings (SSSR count). The zero-order chi connectivity index (χ0) is 9.90. The monoisotopic (exact) mass is 208 g/mol. The third kappa shape index (κ3) is 2.73. The molecule has 0 saturated heterocycles. The van der Waals surface area contributed by atoms with Crippen molar-refractivity contribution in [1.29, 1.82) is 0 Å². The second kappa shape index (κ2) is 3.78. The maximum Gasteiger partial charge on any atom is 0.425 e. The molecule has 0 aromatic carbocycles. The lowest BCUT2D eigenvalue weighted by Gasteiger charge is -2.00. The van der Waals surface area contributed by atoms with E-state index in [0.717, 1.165) is 6.07 Å². The van der Waals surface area contributed by atoms with Gasteiger partial charge in [-0.15, -0.1) is 11.3 Å². The topological polar surface area (TPSA) is 29.1 Å². The number of nitrogens with one attached hydrogen (secondary N) is 1. The Kier molecular flexibility index (Phi) is 2.92. The van der Waals surface area contributed by atoms with Crippen molar-refractivity contribution >= 4 is 17.7 Å². The van der Waals surface area contributed by atoms with Crippen molar-refractivity contribution in [2.45, 2.75) is 12.7 Å². The normalized spacial score (nSPS) is 11.3. The molecule has 0 fully saturated rings. The van der Waals surface area contributed by atoms with Gasteiger partial charge in [-0.3, -0.25) is 4.79 Å². The minimum atomic E-state index is -4.30. The van der Waals surface area contributed by atoms with E-state index in [0.29, 0.717) is 16.2 Å². The first-order chi connectivity index (χ1) is 6.04. The summed E-state index contributed by atoms with van der Waals surface area (Å²) in [4.78, 5) is 9.53. The van der Waals surface area contributed by atoms with Crippen LogP contribution in [0, 0.1) is 0 Å². The van der Waals surface area contributed by atoms with Crippen LogP contribution in [-0.2, 0) is 17.5 Å². The van der Waals surface area contributed by atoms with Gasteiger partial charge >= 0.3 is 12.6 Å². The smallest absolute Gasteiger partial charge is 0.343 e. The Morgan fingerprint density at radius 3 is 2.62 bits per heavy atom. The molecule has 1 heterocycles. The molecule has 0 aliphatic heterocycles. The molecule has 1 aromatic rings. The number of hydrogen-bond acceptors (Lipinski definition) is 2. The Bertz CT molecular complexity index is 294. The average molecular weight is 208 g/mol. The van der Waals surface area contributed by atoms with Gasteiger partial charge in [-0.05, 0) is 12.1 Å². The Morgan fingerprint density at radius 2 is 2.15 bits per heavy atom. The molecule has 0 unspecified atom stereocenters. The first-order valence-corrected chi connectivity index (χ1v) is 4.11. The maximum atomic E-state index is 12.0. The number of alkyl halides is 3. The van der Waals surface area contributed by atoms with Crippen LogP contribution in [-0.4, -0.2) is 6.41 Å². The quantitative estimate of drug-likeness (QED) is 0.755. The number of hydrogen-bond donors (Lipinski definition) is 1. The predicted molar refractivity (Wildman–Crippen MR) is 41.9 cm³/mol. The molecule has 1 radical (unpaired) electrons. The summed E-state index contributed by atoms with van der Waals surface area (Å²) in [5.74, 6) is 0. The fraction of sp³-hybridized carbons (Fsp3) is 0.286. The van der Waals surface area contributed by atoms with Gasteiger partial charge in [0.25, 0.3) is 0 Å². The van der Waals surface area contributed by atoms with Crippen LogP contribution in [0.2, 0.25) is 0 Å². The standard InChI is InChI=1S/C7H5F3NOS/c8-7(9,10)6-2-1-5(13-6)3-11-4-12/h1-2H,3H2,(H,11,12). The van der Waals surface area contributed by atoms with Crippen LogP contribution in [0.5, 0.6) is 0 Å². The maximum absolute atomic E-state index is 12.0. The lowest BCUT2D eigenvalue weighted by atomic mass is 10.4. The van der Waals surface area contributed by atoms with Crippen molar-refractivity contribution < 1.29 is 18.0 Å². The van der Waals surface area contributed by atoms with Crippen LogP contribution < -0.4 is 5.32 Å². The van der Waals surface area contributed by atoms with Gasteiger partial charge < -0.3 is 5.32 Å². The minimum Gasteiger partial charge on any atom is -0.343 e. The molecule has 0 aliphatic carbocycles. The molecular weight excluding hydrogens is 203 g/mol. The first kappa shape index (κ1) is 10.0. The fourth-order valence-corrected chi connectivity index (χ4v) is 1.56. The van der Waals surface area contributed by atoms with E-state index in [1.165, 1.54) is 12.5 Å². The molecule has 0 bridgehead atoms. The summed E-state index contributed by atoms with van der Waals surface area (Å²) in [6.07, 6.45) is -2.91. The highest BCUT2D eigenvalue weighted by atomic mass is 32.1. The first-order valence-electron chi connectivity index (χ1n) is 3.30. The van der Waals surface area contributed by atoms with Crippen LogP contribution in [0.15, 0.2) is 12.1 Å². The van der Waals surface area contributed by atoms with Gasteiger partial charge in [0.2, 0.25) is 0 Å². The highest BCUT2D eigenvalue weighted by molar-refractivity contribution is 7.12. The van der Waals surface area contributed by atoms with E-state index in [-0.39, 0.29) is 6.54 Å². The zero-order valence-corrected chi connectivity index (χ0v) is 7.13. The number of amides is 1. The second-order valence-electron chi connectivity index (χ2n) is 2.22. The third-order valence-corrected chi connectivity index (χ3v) is 2.41. The Hall–Kier alpha value is -1.04. The van der Waals surface area contributed by atoms with Crippen LogP contribution >= 0.6 is 11.3 Å². The third-order valence-electron chi connectivity index (χ3n) is 1.28. The number of rotatable bonds is 3. The van der Waals surface area contributed by atoms with E-state index < -0.39 is 11.1 Å². The Morgan fingerprint density at radius 1 is 1.46 bits per heavy atom. The van der Waals surface area contributed by atoms with Crippen molar-refractivity contribution in [3.8, 4) is 0 Å². The predicted octanol–water partition coefficient (Wildman–Crippen LogP) is 1.92. The van der Waals surface area contributed by atoms with Gasteiger partial charge in [0.05, 0.1) is 6.54 Å². The summed E-state index contributed by atoms with van der Waals surface area (Å²) in [6, 6.07) is 2.32. The van der Waals surface area contributed by atoms with E-state index >= 15 is 0 Å². The SMILES string of the molecule is O=[C]NCc1ccc(C(F)(F)F)s1. The van der Waals surface area contributed by atoms with Crippen molar-refractivity contribution in [1.82, 2.24) is 5.32 Å². The van der Waals surface area contributed by atoms with Gasteiger partial charge in [0.1, 0.15) is 4.88 Å². The second-order valence-corrected chi connectivity index (χ2v) is 3.39. The number of carbonyl (C=O) groups excluding carboxylic acids is 1. The van der Waals surface area contributed by atoms with E-state index in [1.807, 2.05) is 0 Å². The lowest BCUT2D eigenvalue weighted by Crippen LogP contribution is -2.08. The van der Waals surface area contributed by atoms with Crippen LogP contribution in [0.4, 0.5) is 13.2 Å². The number of halogens is 3. The molecular formula is C7H5F3NOS. The van der Waals surface area contributed by atoms with E-state index in [4.69, 9.17) is 0 Å². The van der Waals surface area contributed by atoms with Gasteiger partial charge in [-0.25, -0.2) is 0 Å². The van der Waals surface area contributed by atoms with Gasteiger partial charge in [-0.1, -0.05) is 0 Å².